The number of aromatic nitrogens is 2. The summed E-state index contributed by atoms with van der Waals surface area (Å²) in [5, 5.41) is 7.32. The highest BCUT2D eigenvalue weighted by molar-refractivity contribution is 5.99. The minimum Gasteiger partial charge on any atom is -0.398 e. The second-order valence-corrected chi connectivity index (χ2v) is 4.28. The van der Waals surface area contributed by atoms with E-state index in [1.807, 2.05) is 6.20 Å². The fourth-order valence-corrected chi connectivity index (χ4v) is 1.75. The third kappa shape index (κ3) is 3.27. The van der Waals surface area contributed by atoms with Crippen molar-refractivity contribution in [3.05, 3.63) is 36.2 Å². The molecule has 0 fully saturated rings. The zero-order valence-electron chi connectivity index (χ0n) is 11.2. The van der Waals surface area contributed by atoms with Gasteiger partial charge in [0.2, 0.25) is 0 Å². The maximum absolute atomic E-state index is 11.2. The molecule has 2 aromatic rings. The van der Waals surface area contributed by atoms with Gasteiger partial charge in [0.25, 0.3) is 5.91 Å². The maximum atomic E-state index is 11.2. The van der Waals surface area contributed by atoms with E-state index in [2.05, 4.69) is 10.4 Å². The molecular formula is C13H17N5O2. The average Bonchev–Trinajstić information content (AvgIpc) is 2.86. The maximum Gasteiger partial charge on any atom is 0.250 e. The number of nitrogens with zero attached hydrogens (tertiary/aromatic N) is 2. The minimum absolute atomic E-state index is 0.293. The highest BCUT2D eigenvalue weighted by Gasteiger charge is 2.07. The fraction of sp³-hybridized carbons (Fsp3) is 0.231. The predicted molar refractivity (Wildman–Crippen MR) is 76.8 cm³/mol. The molecule has 7 heteroatoms. The highest BCUT2D eigenvalue weighted by Crippen LogP contribution is 2.21. The number of primary amides is 1. The first-order chi connectivity index (χ1) is 9.60. The summed E-state index contributed by atoms with van der Waals surface area (Å²) >= 11 is 0. The topological polar surface area (TPSA) is 108 Å². The molecule has 1 aromatic heterocycles. The van der Waals surface area contributed by atoms with Gasteiger partial charge >= 0.3 is 0 Å². The molecule has 0 radical (unpaired) electrons. The number of carbonyl (C=O) groups is 1. The third-order valence-corrected chi connectivity index (χ3v) is 2.77. The summed E-state index contributed by atoms with van der Waals surface area (Å²) in [6, 6.07) is 5.02. The van der Waals surface area contributed by atoms with Gasteiger partial charge in [-0.3, -0.25) is 9.48 Å². The molecule has 0 bridgehead atoms. The van der Waals surface area contributed by atoms with E-state index < -0.39 is 5.91 Å². The number of rotatable bonds is 6. The fourth-order valence-electron chi connectivity index (χ4n) is 1.75. The number of amides is 1. The Morgan fingerprint density at radius 1 is 1.45 bits per heavy atom. The van der Waals surface area contributed by atoms with E-state index in [-0.39, 0.29) is 0 Å². The van der Waals surface area contributed by atoms with Crippen LogP contribution >= 0.6 is 0 Å². The number of ether oxygens (including phenoxy) is 1. The number of methoxy groups -OCH3 is 1. The molecule has 0 atom stereocenters. The molecule has 1 heterocycles. The lowest BCUT2D eigenvalue weighted by molar-refractivity contribution is 0.100. The van der Waals surface area contributed by atoms with Crippen LogP contribution in [0.1, 0.15) is 10.4 Å². The van der Waals surface area contributed by atoms with Crippen molar-refractivity contribution in [1.82, 2.24) is 9.78 Å². The van der Waals surface area contributed by atoms with Crippen molar-refractivity contribution in [2.75, 3.05) is 24.8 Å². The highest BCUT2D eigenvalue weighted by atomic mass is 16.5. The Bertz CT molecular complexity index is 609. The molecule has 1 amide bonds. The van der Waals surface area contributed by atoms with E-state index in [0.29, 0.717) is 24.4 Å². The third-order valence-electron chi connectivity index (χ3n) is 2.77. The summed E-state index contributed by atoms with van der Waals surface area (Å²) in [6.07, 6.45) is 3.54. The molecule has 0 aliphatic carbocycles. The largest absolute Gasteiger partial charge is 0.398 e. The van der Waals surface area contributed by atoms with Crippen LogP contribution in [-0.4, -0.2) is 29.4 Å². The summed E-state index contributed by atoms with van der Waals surface area (Å²) in [6.45, 7) is 1.27. The number of benzene rings is 1. The average molecular weight is 275 g/mol. The number of hydrogen-bond donors (Lipinski definition) is 3. The molecule has 1 aromatic carbocycles. The molecule has 0 saturated heterocycles. The van der Waals surface area contributed by atoms with E-state index in [4.69, 9.17) is 16.2 Å². The van der Waals surface area contributed by atoms with E-state index in [1.54, 1.807) is 36.2 Å². The van der Waals surface area contributed by atoms with E-state index in [9.17, 15) is 4.79 Å². The molecule has 0 aliphatic rings. The first-order valence-corrected chi connectivity index (χ1v) is 6.08. The van der Waals surface area contributed by atoms with Crippen LogP contribution in [0.25, 0.3) is 0 Å². The zero-order chi connectivity index (χ0) is 14.5. The van der Waals surface area contributed by atoms with Crippen molar-refractivity contribution in [2.45, 2.75) is 6.54 Å². The molecule has 20 heavy (non-hydrogen) atoms. The molecule has 0 unspecified atom stereocenters. The molecule has 0 saturated carbocycles. The van der Waals surface area contributed by atoms with Gasteiger partial charge in [0.05, 0.1) is 30.6 Å². The minimum atomic E-state index is -0.554. The van der Waals surface area contributed by atoms with Crippen molar-refractivity contribution in [3.8, 4) is 0 Å². The number of nitrogens with one attached hydrogen (secondary N) is 1. The predicted octanol–water partition coefficient (Wildman–Crippen LogP) is 0.954. The first-order valence-electron chi connectivity index (χ1n) is 6.08. The van der Waals surface area contributed by atoms with Crippen LogP contribution in [0.4, 0.5) is 17.1 Å². The Morgan fingerprint density at radius 2 is 2.25 bits per heavy atom. The lowest BCUT2D eigenvalue weighted by Crippen LogP contribution is -2.13. The Hall–Kier alpha value is -2.54. The lowest BCUT2D eigenvalue weighted by atomic mass is 10.1. The van der Waals surface area contributed by atoms with Crippen molar-refractivity contribution in [1.29, 1.82) is 0 Å². The van der Waals surface area contributed by atoms with Gasteiger partial charge in [-0.15, -0.1) is 0 Å². The monoisotopic (exact) mass is 275 g/mol. The van der Waals surface area contributed by atoms with Gasteiger partial charge < -0.3 is 21.5 Å². The zero-order valence-corrected chi connectivity index (χ0v) is 11.2. The van der Waals surface area contributed by atoms with E-state index in [0.717, 1.165) is 11.4 Å². The Kier molecular flexibility index (Phi) is 4.21. The Balaban J connectivity index is 2.11. The number of nitrogens with two attached hydrogens (primary N) is 2. The quantitative estimate of drug-likeness (QED) is 0.680. The summed E-state index contributed by atoms with van der Waals surface area (Å²) in [4.78, 5) is 11.2. The van der Waals surface area contributed by atoms with Gasteiger partial charge in [0.1, 0.15) is 0 Å². The normalized spacial score (nSPS) is 10.4. The van der Waals surface area contributed by atoms with Gasteiger partial charge in [-0.1, -0.05) is 0 Å². The Morgan fingerprint density at radius 3 is 2.95 bits per heavy atom. The van der Waals surface area contributed by atoms with Crippen LogP contribution < -0.4 is 16.8 Å². The van der Waals surface area contributed by atoms with E-state index >= 15 is 0 Å². The SMILES string of the molecule is COCCn1cc(Nc2ccc(N)c(C(N)=O)c2)cn1. The van der Waals surface area contributed by atoms with Crippen LogP contribution in [0, 0.1) is 0 Å². The number of anilines is 3. The Labute approximate surface area is 116 Å². The summed E-state index contributed by atoms with van der Waals surface area (Å²) in [5.41, 5.74) is 13.1. The molecule has 2 rings (SSSR count). The smallest absolute Gasteiger partial charge is 0.250 e. The molecule has 7 nitrogen and oxygen atoms in total. The van der Waals surface area contributed by atoms with Crippen molar-refractivity contribution >= 4 is 23.0 Å². The lowest BCUT2D eigenvalue weighted by Gasteiger charge is -2.07. The van der Waals surface area contributed by atoms with Gasteiger partial charge in [-0.2, -0.15) is 5.10 Å². The standard InChI is InChI=1S/C13H17N5O2/c1-20-5-4-18-8-10(7-16-18)17-9-2-3-12(14)11(6-9)13(15)19/h2-3,6-8,17H,4-5,14H2,1H3,(H2,15,19). The van der Waals surface area contributed by atoms with Crippen LogP contribution in [0.3, 0.4) is 0 Å². The number of hydrogen-bond acceptors (Lipinski definition) is 5. The van der Waals surface area contributed by atoms with E-state index in [1.165, 1.54) is 0 Å². The molecule has 106 valence electrons. The second kappa shape index (κ2) is 6.07. The van der Waals surface area contributed by atoms with Crippen molar-refractivity contribution in [3.63, 3.8) is 0 Å². The number of nitrogen functional groups attached to an aromatic ring is 1. The van der Waals surface area contributed by atoms with Crippen LogP contribution in [-0.2, 0) is 11.3 Å². The van der Waals surface area contributed by atoms with Gasteiger partial charge in [-0.25, -0.2) is 0 Å². The second-order valence-electron chi connectivity index (χ2n) is 4.28. The van der Waals surface area contributed by atoms with Crippen LogP contribution in [0.2, 0.25) is 0 Å². The van der Waals surface area contributed by atoms with Crippen LogP contribution in [0.15, 0.2) is 30.6 Å². The van der Waals surface area contributed by atoms with Gasteiger partial charge in [-0.05, 0) is 18.2 Å². The van der Waals surface area contributed by atoms with Gasteiger partial charge in [0, 0.05) is 24.7 Å². The molecular weight excluding hydrogens is 258 g/mol. The summed E-state index contributed by atoms with van der Waals surface area (Å²) < 4.78 is 6.74. The summed E-state index contributed by atoms with van der Waals surface area (Å²) in [5.74, 6) is -0.554. The van der Waals surface area contributed by atoms with Crippen molar-refractivity contribution < 1.29 is 9.53 Å². The number of carbonyl (C=O) groups excluding carboxylic acids is 1. The summed E-state index contributed by atoms with van der Waals surface area (Å²) in [7, 11) is 1.64. The molecule has 5 N–H and O–H groups in total. The first kappa shape index (κ1) is 13.9. The van der Waals surface area contributed by atoms with Crippen LogP contribution in [0.5, 0.6) is 0 Å². The van der Waals surface area contributed by atoms with Crippen molar-refractivity contribution in [2.24, 2.45) is 5.73 Å². The molecule has 0 spiro atoms. The molecule has 0 aliphatic heterocycles. The van der Waals surface area contributed by atoms with Gasteiger partial charge in [0.15, 0.2) is 0 Å².